The van der Waals surface area contributed by atoms with Crippen molar-refractivity contribution in [3.63, 3.8) is 0 Å². The number of benzene rings is 2. The number of likely N-dealkylation sites (tertiary alicyclic amines) is 1. The number of nitrogens with zero attached hydrogens (tertiary/aromatic N) is 1. The predicted octanol–water partition coefficient (Wildman–Crippen LogP) is 3.54. The van der Waals surface area contributed by atoms with Crippen LogP contribution in [0.3, 0.4) is 0 Å². The van der Waals surface area contributed by atoms with Crippen LogP contribution in [-0.2, 0) is 14.4 Å². The molecule has 2 amide bonds. The van der Waals surface area contributed by atoms with Crippen molar-refractivity contribution in [2.75, 3.05) is 6.54 Å². The van der Waals surface area contributed by atoms with Crippen LogP contribution >= 0.6 is 23.4 Å². The van der Waals surface area contributed by atoms with Crippen molar-refractivity contribution in [1.82, 2.24) is 4.90 Å². The van der Waals surface area contributed by atoms with Gasteiger partial charge >= 0.3 is 0 Å². The lowest BCUT2D eigenvalue weighted by Crippen LogP contribution is -2.38. The van der Waals surface area contributed by atoms with Gasteiger partial charge in [-0.15, -0.1) is 11.8 Å². The molecule has 2 atom stereocenters. The lowest BCUT2D eigenvalue weighted by molar-refractivity contribution is -0.146. The zero-order valence-corrected chi connectivity index (χ0v) is 15.1. The third kappa shape index (κ3) is 3.78. The fourth-order valence-corrected chi connectivity index (χ4v) is 3.81. The highest BCUT2D eigenvalue weighted by atomic mass is 35.5. The van der Waals surface area contributed by atoms with Crippen molar-refractivity contribution in [2.45, 2.75) is 23.0 Å². The molecule has 1 aliphatic heterocycles. The first kappa shape index (κ1) is 17.7. The third-order valence-electron chi connectivity index (χ3n) is 4.08. The molecule has 25 heavy (non-hydrogen) atoms. The molecule has 1 fully saturated rings. The van der Waals surface area contributed by atoms with Gasteiger partial charge in [0, 0.05) is 16.5 Å². The molecule has 0 aromatic heterocycles. The molecule has 0 spiro atoms. The molecular weight excluding hydrogens is 358 g/mol. The fraction of sp³-hybridized carbons (Fsp3) is 0.211. The van der Waals surface area contributed by atoms with Crippen LogP contribution in [0.2, 0.25) is 5.02 Å². The maximum Gasteiger partial charge on any atom is 0.297 e. The molecule has 0 N–H and O–H groups in total. The van der Waals surface area contributed by atoms with Gasteiger partial charge in [0.25, 0.3) is 5.91 Å². The van der Waals surface area contributed by atoms with E-state index in [-0.39, 0.29) is 12.5 Å². The van der Waals surface area contributed by atoms with E-state index in [9.17, 15) is 14.4 Å². The number of carbonyl (C=O) groups excluding carboxylic acids is 3. The molecule has 0 bridgehead atoms. The first-order valence-corrected chi connectivity index (χ1v) is 9.10. The first-order chi connectivity index (χ1) is 12.0. The molecule has 0 unspecified atom stereocenters. The maximum atomic E-state index is 12.7. The summed E-state index contributed by atoms with van der Waals surface area (Å²) in [6.45, 7) is 1.83. The SMILES string of the molecule is C[C@H](Sc1ccc(Cl)cc1)C(=O)N1C[C@@H](c2ccccc2)C(=O)C1=O. The summed E-state index contributed by atoms with van der Waals surface area (Å²) in [4.78, 5) is 39.1. The second kappa shape index (κ2) is 7.42. The van der Waals surface area contributed by atoms with Gasteiger partial charge in [-0.1, -0.05) is 41.9 Å². The van der Waals surface area contributed by atoms with Crippen molar-refractivity contribution >= 4 is 41.0 Å². The fourth-order valence-electron chi connectivity index (χ4n) is 2.75. The molecule has 4 nitrogen and oxygen atoms in total. The molecule has 0 aliphatic carbocycles. The van der Waals surface area contributed by atoms with E-state index in [2.05, 4.69) is 0 Å². The van der Waals surface area contributed by atoms with Crippen LogP contribution in [0.5, 0.6) is 0 Å². The monoisotopic (exact) mass is 373 g/mol. The van der Waals surface area contributed by atoms with Crippen LogP contribution in [0.4, 0.5) is 0 Å². The van der Waals surface area contributed by atoms with Crippen LogP contribution in [0.15, 0.2) is 59.5 Å². The van der Waals surface area contributed by atoms with Gasteiger partial charge < -0.3 is 0 Å². The Morgan fingerprint density at radius 3 is 2.40 bits per heavy atom. The van der Waals surface area contributed by atoms with E-state index in [1.165, 1.54) is 11.8 Å². The number of Topliss-reactive ketones (excluding diaryl/α,β-unsaturated/α-hetero) is 1. The summed E-state index contributed by atoms with van der Waals surface area (Å²) in [5, 5.41) is 0.141. The Morgan fingerprint density at radius 2 is 1.76 bits per heavy atom. The topological polar surface area (TPSA) is 54.5 Å². The van der Waals surface area contributed by atoms with Gasteiger partial charge in [0.05, 0.1) is 11.2 Å². The van der Waals surface area contributed by atoms with Crippen LogP contribution in [0.1, 0.15) is 18.4 Å². The Kier molecular flexibility index (Phi) is 5.25. The Hall–Kier alpha value is -2.11. The van der Waals surface area contributed by atoms with Crippen molar-refractivity contribution in [3.05, 3.63) is 65.2 Å². The number of thioether (sulfide) groups is 1. The van der Waals surface area contributed by atoms with Crippen LogP contribution < -0.4 is 0 Å². The Bertz CT molecular complexity index is 807. The summed E-state index contributed by atoms with van der Waals surface area (Å²) in [5.74, 6) is -2.17. The van der Waals surface area contributed by atoms with Gasteiger partial charge in [0.2, 0.25) is 11.7 Å². The highest BCUT2D eigenvalue weighted by Crippen LogP contribution is 2.30. The summed E-state index contributed by atoms with van der Waals surface area (Å²) < 4.78 is 0. The number of hydrogen-bond acceptors (Lipinski definition) is 4. The molecule has 6 heteroatoms. The summed E-state index contributed by atoms with van der Waals surface area (Å²) in [5.41, 5.74) is 0.758. The van der Waals surface area contributed by atoms with Crippen molar-refractivity contribution < 1.29 is 14.4 Å². The lowest BCUT2D eigenvalue weighted by Gasteiger charge is -2.18. The third-order valence-corrected chi connectivity index (χ3v) is 5.43. The minimum Gasteiger partial charge on any atom is -0.288 e. The number of imide groups is 1. The Labute approximate surface area is 155 Å². The number of halogens is 1. The molecule has 128 valence electrons. The molecule has 1 aliphatic rings. The van der Waals surface area contributed by atoms with Gasteiger partial charge in [-0.2, -0.15) is 0 Å². The highest BCUT2D eigenvalue weighted by Gasteiger charge is 2.43. The number of amides is 2. The smallest absolute Gasteiger partial charge is 0.288 e. The molecule has 1 heterocycles. The number of hydrogen-bond donors (Lipinski definition) is 0. The molecule has 0 radical (unpaired) electrons. The van der Waals surface area contributed by atoms with Gasteiger partial charge in [0.15, 0.2) is 0 Å². The predicted molar refractivity (Wildman–Crippen MR) is 97.7 cm³/mol. The summed E-state index contributed by atoms with van der Waals surface area (Å²) in [6, 6.07) is 16.2. The lowest BCUT2D eigenvalue weighted by atomic mass is 9.97. The number of carbonyl (C=O) groups is 3. The van der Waals surface area contributed by atoms with Gasteiger partial charge in [-0.3, -0.25) is 19.3 Å². The van der Waals surface area contributed by atoms with Gasteiger partial charge in [-0.25, -0.2) is 0 Å². The van der Waals surface area contributed by atoms with Crippen molar-refractivity contribution in [2.24, 2.45) is 0 Å². The normalized spacial score (nSPS) is 18.5. The van der Waals surface area contributed by atoms with Crippen LogP contribution in [0.25, 0.3) is 0 Å². The van der Waals surface area contributed by atoms with E-state index in [1.54, 1.807) is 31.2 Å². The van der Waals surface area contributed by atoms with E-state index in [0.29, 0.717) is 5.02 Å². The van der Waals surface area contributed by atoms with E-state index < -0.39 is 22.9 Å². The molecule has 2 aromatic rings. The minimum atomic E-state index is -0.720. The number of ketones is 1. The van der Waals surface area contributed by atoms with E-state index in [4.69, 9.17) is 11.6 Å². The zero-order valence-electron chi connectivity index (χ0n) is 13.5. The van der Waals surface area contributed by atoms with Gasteiger partial charge in [-0.05, 0) is 36.8 Å². The molecular formula is C19H16ClNO3S. The Balaban J connectivity index is 1.72. The van der Waals surface area contributed by atoms with E-state index in [0.717, 1.165) is 15.4 Å². The van der Waals surface area contributed by atoms with Gasteiger partial charge in [0.1, 0.15) is 0 Å². The number of rotatable bonds is 4. The van der Waals surface area contributed by atoms with Crippen molar-refractivity contribution in [3.8, 4) is 0 Å². The minimum absolute atomic E-state index is 0.103. The molecule has 3 rings (SSSR count). The van der Waals surface area contributed by atoms with Crippen LogP contribution in [-0.4, -0.2) is 34.3 Å². The summed E-state index contributed by atoms with van der Waals surface area (Å²) in [7, 11) is 0. The van der Waals surface area contributed by atoms with Crippen LogP contribution in [0, 0.1) is 0 Å². The second-order valence-electron chi connectivity index (χ2n) is 5.80. The second-order valence-corrected chi connectivity index (χ2v) is 7.65. The zero-order chi connectivity index (χ0) is 18.0. The Morgan fingerprint density at radius 1 is 1.12 bits per heavy atom. The maximum absolute atomic E-state index is 12.7. The standard InChI is InChI=1S/C19H16ClNO3S/c1-12(25-15-9-7-14(20)8-10-15)18(23)21-11-16(17(22)19(21)24)13-5-3-2-4-6-13/h2-10,12,16H,11H2,1H3/t12-,16-/m0/s1. The average molecular weight is 374 g/mol. The summed E-state index contributed by atoms with van der Waals surface area (Å²) >= 11 is 7.19. The van der Waals surface area contributed by atoms with Crippen molar-refractivity contribution in [1.29, 1.82) is 0 Å². The quantitative estimate of drug-likeness (QED) is 0.607. The van der Waals surface area contributed by atoms with E-state index >= 15 is 0 Å². The molecule has 0 saturated carbocycles. The largest absolute Gasteiger partial charge is 0.297 e. The summed E-state index contributed by atoms with van der Waals surface area (Å²) in [6.07, 6.45) is 0. The van der Waals surface area contributed by atoms with E-state index in [1.807, 2.05) is 30.3 Å². The molecule has 1 saturated heterocycles. The first-order valence-electron chi connectivity index (χ1n) is 7.84. The molecule has 2 aromatic carbocycles. The average Bonchev–Trinajstić information content (AvgIpc) is 2.92. The highest BCUT2D eigenvalue weighted by molar-refractivity contribution is 8.00.